The van der Waals surface area contributed by atoms with Crippen molar-refractivity contribution >= 4 is 17.0 Å². The maximum Gasteiger partial charge on any atom is 0.212 e. The molecular weight excluding hydrogens is 337 g/mol. The number of methoxy groups -OCH3 is 1. The first-order chi connectivity index (χ1) is 11.7. The van der Waals surface area contributed by atoms with Gasteiger partial charge in [0.2, 0.25) is 5.95 Å². The van der Waals surface area contributed by atoms with Gasteiger partial charge in [-0.25, -0.2) is 9.97 Å². The Morgan fingerprint density at radius 2 is 2.04 bits per heavy atom. The van der Waals surface area contributed by atoms with E-state index >= 15 is 0 Å². The molecule has 6 heteroatoms. The average Bonchev–Trinajstić information content (AvgIpc) is 3.01. The number of hydrogen-bond donors (Lipinski definition) is 0. The summed E-state index contributed by atoms with van der Waals surface area (Å²) in [5.74, 6) is -0.479. The summed E-state index contributed by atoms with van der Waals surface area (Å²) in [5.41, 5.74) is 2.85. The lowest BCUT2D eigenvalue weighted by Crippen LogP contribution is -2.22. The summed E-state index contributed by atoms with van der Waals surface area (Å²) in [6, 6.07) is 3.04. The first kappa shape index (κ1) is 19.3. The van der Waals surface area contributed by atoms with Gasteiger partial charge in [-0.15, -0.1) is 11.3 Å². The molecule has 1 aliphatic rings. The van der Waals surface area contributed by atoms with Crippen LogP contribution in [0.25, 0.3) is 16.3 Å². The van der Waals surface area contributed by atoms with Crippen LogP contribution in [-0.4, -0.2) is 34.1 Å². The molecule has 0 bridgehead atoms. The van der Waals surface area contributed by atoms with E-state index in [2.05, 4.69) is 23.1 Å². The van der Waals surface area contributed by atoms with Crippen molar-refractivity contribution in [3.05, 3.63) is 54.2 Å². The SMILES string of the molecule is C=CN1CCc2nc(-c3ccc(F)nc3)sc2C1=C.COC(C)(C)C. The van der Waals surface area contributed by atoms with Crippen molar-refractivity contribution in [3.63, 3.8) is 0 Å². The molecule has 4 nitrogen and oxygen atoms in total. The van der Waals surface area contributed by atoms with Crippen LogP contribution in [0.5, 0.6) is 0 Å². The third-order valence-corrected chi connectivity index (χ3v) is 4.90. The average molecular weight is 361 g/mol. The lowest BCUT2D eigenvalue weighted by Gasteiger charge is -2.26. The Balaban J connectivity index is 0.000000326. The highest BCUT2D eigenvalue weighted by molar-refractivity contribution is 7.16. The van der Waals surface area contributed by atoms with Crippen LogP contribution < -0.4 is 0 Å². The van der Waals surface area contributed by atoms with Gasteiger partial charge in [0.15, 0.2) is 0 Å². The second kappa shape index (κ2) is 7.89. The van der Waals surface area contributed by atoms with E-state index < -0.39 is 5.95 Å². The van der Waals surface area contributed by atoms with Crippen molar-refractivity contribution < 1.29 is 9.13 Å². The van der Waals surface area contributed by atoms with Crippen LogP contribution in [0.2, 0.25) is 0 Å². The Bertz CT molecular complexity index is 747. The quantitative estimate of drug-likeness (QED) is 0.724. The monoisotopic (exact) mass is 361 g/mol. The largest absolute Gasteiger partial charge is 0.379 e. The van der Waals surface area contributed by atoms with E-state index in [0.717, 1.165) is 39.8 Å². The molecule has 0 saturated carbocycles. The third kappa shape index (κ3) is 4.96. The van der Waals surface area contributed by atoms with Crippen molar-refractivity contribution in [1.82, 2.24) is 14.9 Å². The number of rotatable bonds is 2. The van der Waals surface area contributed by atoms with Gasteiger partial charge in [0.25, 0.3) is 0 Å². The molecule has 0 spiro atoms. The Hall–Kier alpha value is -2.05. The van der Waals surface area contributed by atoms with Crippen LogP contribution in [0.3, 0.4) is 0 Å². The van der Waals surface area contributed by atoms with Gasteiger partial charge < -0.3 is 9.64 Å². The Morgan fingerprint density at radius 1 is 1.36 bits per heavy atom. The molecule has 25 heavy (non-hydrogen) atoms. The summed E-state index contributed by atoms with van der Waals surface area (Å²) in [7, 11) is 1.71. The predicted octanol–water partition coefficient (Wildman–Crippen LogP) is 4.75. The summed E-state index contributed by atoms with van der Waals surface area (Å²) in [4.78, 5) is 11.4. The highest BCUT2D eigenvalue weighted by Gasteiger charge is 2.22. The van der Waals surface area contributed by atoms with Crippen LogP contribution in [0, 0.1) is 5.95 Å². The number of ether oxygens (including phenoxy) is 1. The van der Waals surface area contributed by atoms with Gasteiger partial charge in [0.1, 0.15) is 5.01 Å². The zero-order valence-corrected chi connectivity index (χ0v) is 16.0. The fraction of sp³-hybridized carbons (Fsp3) is 0.368. The number of nitrogens with zero attached hydrogens (tertiary/aromatic N) is 3. The van der Waals surface area contributed by atoms with Gasteiger partial charge in [-0.05, 0) is 39.1 Å². The van der Waals surface area contributed by atoms with Crippen molar-refractivity contribution in [2.45, 2.75) is 32.8 Å². The molecule has 0 fully saturated rings. The van der Waals surface area contributed by atoms with Crippen molar-refractivity contribution in [3.8, 4) is 10.6 Å². The molecule has 0 unspecified atom stereocenters. The minimum Gasteiger partial charge on any atom is -0.379 e. The Labute approximate surface area is 152 Å². The number of fused-ring (bicyclic) bond motifs is 1. The van der Waals surface area contributed by atoms with Crippen LogP contribution in [0.15, 0.2) is 37.7 Å². The number of hydrogen-bond acceptors (Lipinski definition) is 5. The zero-order valence-electron chi connectivity index (χ0n) is 15.2. The molecule has 3 rings (SSSR count). The maximum absolute atomic E-state index is 12.8. The van der Waals surface area contributed by atoms with E-state index in [1.54, 1.807) is 30.7 Å². The minimum absolute atomic E-state index is 0.0417. The molecule has 2 aromatic rings. The standard InChI is InChI=1S/C14H12FN3S.C5H12O/c1-3-18-7-6-11-13(9(18)2)19-14(17-11)10-4-5-12(15)16-8-10;1-5(2,3)6-4/h3-5,8H,1-2,6-7H2;1-4H3. The molecule has 0 N–H and O–H groups in total. The molecule has 2 aromatic heterocycles. The fourth-order valence-electron chi connectivity index (χ4n) is 2.07. The molecule has 0 radical (unpaired) electrons. The predicted molar refractivity (Wildman–Crippen MR) is 102 cm³/mol. The van der Waals surface area contributed by atoms with Crippen LogP contribution in [-0.2, 0) is 11.2 Å². The molecule has 0 atom stereocenters. The number of pyridine rings is 1. The zero-order chi connectivity index (χ0) is 18.6. The van der Waals surface area contributed by atoms with Crippen LogP contribution in [0.4, 0.5) is 4.39 Å². The number of thiazole rings is 1. The second-order valence-electron chi connectivity index (χ2n) is 6.55. The summed E-state index contributed by atoms with van der Waals surface area (Å²) < 4.78 is 17.8. The Morgan fingerprint density at radius 3 is 2.56 bits per heavy atom. The summed E-state index contributed by atoms with van der Waals surface area (Å²) in [5, 5.41) is 0.851. The smallest absolute Gasteiger partial charge is 0.212 e. The van der Waals surface area contributed by atoms with Gasteiger partial charge in [-0.2, -0.15) is 4.39 Å². The van der Waals surface area contributed by atoms with E-state index in [1.807, 2.05) is 25.7 Å². The van der Waals surface area contributed by atoms with E-state index in [0.29, 0.717) is 0 Å². The highest BCUT2D eigenvalue weighted by atomic mass is 32.1. The van der Waals surface area contributed by atoms with E-state index in [1.165, 1.54) is 12.3 Å². The summed E-state index contributed by atoms with van der Waals surface area (Å²) in [6.07, 6.45) is 4.16. The van der Waals surface area contributed by atoms with E-state index in [4.69, 9.17) is 4.74 Å². The topological polar surface area (TPSA) is 38.2 Å². The van der Waals surface area contributed by atoms with Gasteiger partial charge in [0.05, 0.1) is 21.9 Å². The third-order valence-electron chi connectivity index (χ3n) is 3.70. The molecule has 134 valence electrons. The minimum atomic E-state index is -0.479. The lowest BCUT2D eigenvalue weighted by molar-refractivity contribution is 0.0397. The maximum atomic E-state index is 12.8. The molecule has 0 saturated heterocycles. The van der Waals surface area contributed by atoms with Crippen LogP contribution in [0.1, 0.15) is 31.3 Å². The van der Waals surface area contributed by atoms with Crippen molar-refractivity contribution in [1.29, 1.82) is 0 Å². The van der Waals surface area contributed by atoms with Crippen molar-refractivity contribution in [2.75, 3.05) is 13.7 Å². The molecule has 0 aromatic carbocycles. The lowest BCUT2D eigenvalue weighted by atomic mass is 10.1. The number of halogens is 1. The fourth-order valence-corrected chi connectivity index (χ4v) is 3.15. The molecule has 0 aliphatic carbocycles. The number of aromatic nitrogens is 2. The van der Waals surface area contributed by atoms with Crippen molar-refractivity contribution in [2.24, 2.45) is 0 Å². The first-order valence-electron chi connectivity index (χ1n) is 8.00. The second-order valence-corrected chi connectivity index (χ2v) is 7.55. The van der Waals surface area contributed by atoms with Gasteiger partial charge >= 0.3 is 0 Å². The molecular formula is C19H24FN3OS. The highest BCUT2D eigenvalue weighted by Crippen LogP contribution is 2.36. The van der Waals surface area contributed by atoms with Gasteiger partial charge in [0, 0.05) is 31.8 Å². The summed E-state index contributed by atoms with van der Waals surface area (Å²) in [6.45, 7) is 14.8. The molecule has 1 aliphatic heterocycles. The van der Waals surface area contributed by atoms with Gasteiger partial charge in [-0.3, -0.25) is 0 Å². The van der Waals surface area contributed by atoms with E-state index in [-0.39, 0.29) is 5.60 Å². The van der Waals surface area contributed by atoms with Crippen LogP contribution >= 0.6 is 11.3 Å². The molecule has 3 heterocycles. The first-order valence-corrected chi connectivity index (χ1v) is 8.82. The Kier molecular flexibility index (Phi) is 6.08. The normalized spacial score (nSPS) is 13.8. The van der Waals surface area contributed by atoms with Gasteiger partial charge in [-0.1, -0.05) is 13.2 Å². The molecule has 0 amide bonds. The summed E-state index contributed by atoms with van der Waals surface area (Å²) >= 11 is 1.56. The van der Waals surface area contributed by atoms with E-state index in [9.17, 15) is 4.39 Å².